The summed E-state index contributed by atoms with van der Waals surface area (Å²) in [6, 6.07) is 9.55. The maximum atomic E-state index is 3.60. The van der Waals surface area contributed by atoms with Gasteiger partial charge < -0.3 is 5.32 Å². The lowest BCUT2D eigenvalue weighted by Gasteiger charge is -2.12. The quantitative estimate of drug-likeness (QED) is 0.792. The molecule has 1 aliphatic carbocycles. The lowest BCUT2D eigenvalue weighted by molar-refractivity contribution is 0.556. The molecular weight excluding hydrogens is 226 g/mol. The second-order valence-corrected chi connectivity index (χ2v) is 6.26. The van der Waals surface area contributed by atoms with E-state index in [4.69, 9.17) is 0 Å². The third kappa shape index (κ3) is 4.72. The molecule has 1 fully saturated rings. The van der Waals surface area contributed by atoms with Gasteiger partial charge in [-0.15, -0.1) is 0 Å². The third-order valence-electron chi connectivity index (χ3n) is 3.25. The van der Waals surface area contributed by atoms with Gasteiger partial charge in [-0.2, -0.15) is 11.8 Å². The van der Waals surface area contributed by atoms with Gasteiger partial charge in [-0.3, -0.25) is 0 Å². The number of benzene rings is 1. The SMILES string of the molecule is Cc1ccccc1CSCC(C)CNC1CC1. The molecule has 2 heteroatoms. The maximum absolute atomic E-state index is 3.60. The van der Waals surface area contributed by atoms with Crippen LogP contribution in [-0.4, -0.2) is 18.3 Å². The molecule has 0 amide bonds. The van der Waals surface area contributed by atoms with Gasteiger partial charge in [0.25, 0.3) is 0 Å². The topological polar surface area (TPSA) is 12.0 Å². The van der Waals surface area contributed by atoms with E-state index >= 15 is 0 Å². The summed E-state index contributed by atoms with van der Waals surface area (Å²) in [5.74, 6) is 3.19. The summed E-state index contributed by atoms with van der Waals surface area (Å²) in [5, 5.41) is 3.60. The van der Waals surface area contributed by atoms with Gasteiger partial charge in [-0.25, -0.2) is 0 Å². The standard InChI is InChI=1S/C15H23NS/c1-12(9-16-15-7-8-15)10-17-11-14-6-4-3-5-13(14)2/h3-6,12,15-16H,7-11H2,1-2H3. The van der Waals surface area contributed by atoms with Gasteiger partial charge in [-0.05, 0) is 49.1 Å². The molecule has 1 N–H and O–H groups in total. The summed E-state index contributed by atoms with van der Waals surface area (Å²) < 4.78 is 0. The molecule has 0 spiro atoms. The highest BCUT2D eigenvalue weighted by atomic mass is 32.2. The minimum absolute atomic E-state index is 0.782. The van der Waals surface area contributed by atoms with E-state index < -0.39 is 0 Å². The van der Waals surface area contributed by atoms with E-state index in [1.165, 1.54) is 36.3 Å². The molecule has 1 aromatic carbocycles. The van der Waals surface area contributed by atoms with Crippen LogP contribution in [0.1, 0.15) is 30.9 Å². The number of nitrogens with one attached hydrogen (secondary N) is 1. The highest BCUT2D eigenvalue weighted by Gasteiger charge is 2.20. The zero-order valence-corrected chi connectivity index (χ0v) is 11.7. The fourth-order valence-corrected chi connectivity index (χ4v) is 3.04. The lowest BCUT2D eigenvalue weighted by Crippen LogP contribution is -2.24. The number of hydrogen-bond acceptors (Lipinski definition) is 2. The van der Waals surface area contributed by atoms with E-state index in [2.05, 4.69) is 55.2 Å². The van der Waals surface area contributed by atoms with Crippen LogP contribution in [0.4, 0.5) is 0 Å². The molecule has 1 unspecified atom stereocenters. The summed E-state index contributed by atoms with van der Waals surface area (Å²) >= 11 is 2.06. The van der Waals surface area contributed by atoms with E-state index in [1.807, 2.05) is 0 Å². The van der Waals surface area contributed by atoms with E-state index in [-0.39, 0.29) is 0 Å². The van der Waals surface area contributed by atoms with Crippen LogP contribution < -0.4 is 5.32 Å². The predicted molar refractivity (Wildman–Crippen MR) is 77.5 cm³/mol. The van der Waals surface area contributed by atoms with Crippen LogP contribution in [0.15, 0.2) is 24.3 Å². The van der Waals surface area contributed by atoms with Crippen molar-refractivity contribution in [1.82, 2.24) is 5.32 Å². The summed E-state index contributed by atoms with van der Waals surface area (Å²) in [6.07, 6.45) is 2.78. The Hall–Kier alpha value is -0.470. The van der Waals surface area contributed by atoms with Crippen LogP contribution in [0.3, 0.4) is 0 Å². The minimum Gasteiger partial charge on any atom is -0.314 e. The highest BCUT2D eigenvalue weighted by Crippen LogP contribution is 2.20. The summed E-state index contributed by atoms with van der Waals surface area (Å²) in [4.78, 5) is 0. The molecule has 2 rings (SSSR count). The number of rotatable bonds is 7. The average Bonchev–Trinajstić information content (AvgIpc) is 3.13. The van der Waals surface area contributed by atoms with Crippen molar-refractivity contribution in [1.29, 1.82) is 0 Å². The summed E-state index contributed by atoms with van der Waals surface area (Å²) in [6.45, 7) is 5.74. The van der Waals surface area contributed by atoms with Crippen molar-refractivity contribution in [2.45, 2.75) is 38.5 Å². The van der Waals surface area contributed by atoms with Crippen molar-refractivity contribution in [2.75, 3.05) is 12.3 Å². The van der Waals surface area contributed by atoms with E-state index in [0.29, 0.717) is 0 Å². The second-order valence-electron chi connectivity index (χ2n) is 5.23. The Labute approximate surface area is 109 Å². The Morgan fingerprint density at radius 1 is 1.35 bits per heavy atom. The molecule has 94 valence electrons. The Kier molecular flexibility index (Phi) is 4.93. The smallest absolute Gasteiger partial charge is 0.0187 e. The molecule has 0 bridgehead atoms. The monoisotopic (exact) mass is 249 g/mol. The predicted octanol–water partition coefficient (Wildman–Crippen LogP) is 3.62. The molecule has 0 heterocycles. The molecule has 1 aromatic rings. The van der Waals surface area contributed by atoms with Gasteiger partial charge in [0.15, 0.2) is 0 Å². The number of aryl methyl sites for hydroxylation is 1. The van der Waals surface area contributed by atoms with Crippen molar-refractivity contribution in [3.63, 3.8) is 0 Å². The zero-order chi connectivity index (χ0) is 12.1. The largest absolute Gasteiger partial charge is 0.314 e. The Morgan fingerprint density at radius 2 is 2.12 bits per heavy atom. The van der Waals surface area contributed by atoms with Crippen LogP contribution >= 0.6 is 11.8 Å². The van der Waals surface area contributed by atoms with Crippen molar-refractivity contribution < 1.29 is 0 Å². The highest BCUT2D eigenvalue weighted by molar-refractivity contribution is 7.98. The average molecular weight is 249 g/mol. The van der Waals surface area contributed by atoms with Crippen LogP contribution in [0.5, 0.6) is 0 Å². The molecule has 17 heavy (non-hydrogen) atoms. The first kappa shape index (κ1) is 13.0. The lowest BCUT2D eigenvalue weighted by atomic mass is 10.1. The molecule has 0 aliphatic heterocycles. The molecule has 1 nitrogen and oxygen atoms in total. The van der Waals surface area contributed by atoms with Crippen molar-refractivity contribution in [3.8, 4) is 0 Å². The molecular formula is C15H23NS. The van der Waals surface area contributed by atoms with Crippen molar-refractivity contribution in [2.24, 2.45) is 5.92 Å². The van der Waals surface area contributed by atoms with E-state index in [9.17, 15) is 0 Å². The Bertz CT molecular complexity index is 347. The number of thioether (sulfide) groups is 1. The summed E-state index contributed by atoms with van der Waals surface area (Å²) in [5.41, 5.74) is 2.91. The molecule has 1 aliphatic rings. The van der Waals surface area contributed by atoms with Gasteiger partial charge in [0.05, 0.1) is 0 Å². The molecule has 0 radical (unpaired) electrons. The molecule has 1 saturated carbocycles. The van der Waals surface area contributed by atoms with Crippen molar-refractivity contribution in [3.05, 3.63) is 35.4 Å². The van der Waals surface area contributed by atoms with Crippen LogP contribution in [0.25, 0.3) is 0 Å². The number of hydrogen-bond donors (Lipinski definition) is 1. The van der Waals surface area contributed by atoms with E-state index in [0.717, 1.165) is 17.7 Å². The fourth-order valence-electron chi connectivity index (χ4n) is 1.86. The fraction of sp³-hybridized carbons (Fsp3) is 0.600. The van der Waals surface area contributed by atoms with Gasteiger partial charge in [0, 0.05) is 11.8 Å². The van der Waals surface area contributed by atoms with Gasteiger partial charge in [0.1, 0.15) is 0 Å². The van der Waals surface area contributed by atoms with Gasteiger partial charge >= 0.3 is 0 Å². The third-order valence-corrected chi connectivity index (χ3v) is 4.57. The van der Waals surface area contributed by atoms with E-state index in [1.54, 1.807) is 0 Å². The maximum Gasteiger partial charge on any atom is 0.0187 e. The first-order valence-corrected chi connectivity index (χ1v) is 7.77. The normalized spacial score (nSPS) is 17.1. The Morgan fingerprint density at radius 3 is 2.82 bits per heavy atom. The van der Waals surface area contributed by atoms with Crippen LogP contribution in [0, 0.1) is 12.8 Å². The second kappa shape index (κ2) is 6.46. The first-order valence-electron chi connectivity index (χ1n) is 6.61. The zero-order valence-electron chi connectivity index (χ0n) is 10.9. The van der Waals surface area contributed by atoms with Crippen LogP contribution in [0.2, 0.25) is 0 Å². The first-order chi connectivity index (χ1) is 8.25. The van der Waals surface area contributed by atoms with Crippen molar-refractivity contribution >= 4 is 11.8 Å². The molecule has 1 atom stereocenters. The van der Waals surface area contributed by atoms with Crippen LogP contribution in [-0.2, 0) is 5.75 Å². The van der Waals surface area contributed by atoms with Gasteiger partial charge in [0.2, 0.25) is 0 Å². The molecule has 0 saturated heterocycles. The Balaban J connectivity index is 1.62. The summed E-state index contributed by atoms with van der Waals surface area (Å²) in [7, 11) is 0. The van der Waals surface area contributed by atoms with Gasteiger partial charge in [-0.1, -0.05) is 31.2 Å². The molecule has 0 aromatic heterocycles. The minimum atomic E-state index is 0.782.